The minimum absolute atomic E-state index is 0.0143. The van der Waals surface area contributed by atoms with Gasteiger partial charge in [0, 0.05) is 23.0 Å². The number of nitrogens with one attached hydrogen (secondary N) is 1. The zero-order valence-electron chi connectivity index (χ0n) is 13.9. The number of nitrogens with two attached hydrogens (primary N) is 1. The number of anilines is 2. The average Bonchev–Trinajstić information content (AvgIpc) is 2.27. The van der Waals surface area contributed by atoms with Gasteiger partial charge in [0.05, 0.1) is 0 Å². The highest BCUT2D eigenvalue weighted by atomic mass is 16.1. The second kappa shape index (κ2) is 5.36. The largest absolute Gasteiger partial charge is 0.398 e. The number of benzene rings is 1. The molecule has 2 rings (SSSR count). The maximum absolute atomic E-state index is 11.6. The number of carbonyl (C=O) groups is 1. The van der Waals surface area contributed by atoms with Gasteiger partial charge in [-0.1, -0.05) is 27.7 Å². The number of carbonyl (C=O) groups excluding carboxylic acids is 1. The molecular formula is C18H28N2O. The first-order valence-electron chi connectivity index (χ1n) is 7.75. The Morgan fingerprint density at radius 1 is 1.19 bits per heavy atom. The summed E-state index contributed by atoms with van der Waals surface area (Å²) in [5.74, 6) is 0.0143. The third kappa shape index (κ3) is 3.99. The van der Waals surface area contributed by atoms with Crippen molar-refractivity contribution in [1.29, 1.82) is 0 Å². The van der Waals surface area contributed by atoms with Crippen LogP contribution >= 0.6 is 0 Å². The fraction of sp³-hybridized carbons (Fsp3) is 0.611. The average molecular weight is 288 g/mol. The molecule has 0 amide bonds. The van der Waals surface area contributed by atoms with Gasteiger partial charge in [-0.05, 0) is 55.2 Å². The molecule has 21 heavy (non-hydrogen) atoms. The van der Waals surface area contributed by atoms with Crippen molar-refractivity contribution >= 4 is 17.2 Å². The smallest absolute Gasteiger partial charge is 0.161 e. The molecule has 0 aromatic heterocycles. The lowest BCUT2D eigenvalue weighted by Crippen LogP contribution is -2.40. The Balaban J connectivity index is 2.18. The third-order valence-electron chi connectivity index (χ3n) is 4.36. The topological polar surface area (TPSA) is 55.1 Å². The summed E-state index contributed by atoms with van der Waals surface area (Å²) in [5.41, 5.74) is 8.70. The third-order valence-corrected chi connectivity index (χ3v) is 4.36. The van der Waals surface area contributed by atoms with Crippen LogP contribution in [0.15, 0.2) is 18.2 Å². The first-order chi connectivity index (χ1) is 9.58. The molecule has 1 aromatic carbocycles. The van der Waals surface area contributed by atoms with Crippen LogP contribution in [0.1, 0.15) is 64.2 Å². The number of hydrogen-bond donors (Lipinski definition) is 2. The minimum Gasteiger partial charge on any atom is -0.398 e. The second-order valence-corrected chi connectivity index (χ2v) is 8.11. The van der Waals surface area contributed by atoms with Crippen LogP contribution in [0.3, 0.4) is 0 Å². The quantitative estimate of drug-likeness (QED) is 0.636. The van der Waals surface area contributed by atoms with E-state index in [0.29, 0.717) is 28.1 Å². The van der Waals surface area contributed by atoms with Crippen LogP contribution < -0.4 is 11.1 Å². The van der Waals surface area contributed by atoms with Crippen LogP contribution in [0.25, 0.3) is 0 Å². The Morgan fingerprint density at radius 2 is 1.76 bits per heavy atom. The molecule has 116 valence electrons. The summed E-state index contributed by atoms with van der Waals surface area (Å²) in [5, 5.41) is 3.61. The van der Waals surface area contributed by atoms with Crippen LogP contribution in [0.2, 0.25) is 0 Å². The SMILES string of the molecule is CC(=O)c1cc(NC2CC(C)(C)CC(C)(C)C2)ccc1N. The monoisotopic (exact) mass is 288 g/mol. The maximum Gasteiger partial charge on any atom is 0.161 e. The summed E-state index contributed by atoms with van der Waals surface area (Å²) in [4.78, 5) is 11.6. The fourth-order valence-corrected chi connectivity index (χ4v) is 4.13. The van der Waals surface area contributed by atoms with Crippen molar-refractivity contribution in [2.75, 3.05) is 11.1 Å². The molecule has 0 heterocycles. The highest BCUT2D eigenvalue weighted by Gasteiger charge is 2.38. The van der Waals surface area contributed by atoms with E-state index < -0.39 is 0 Å². The Hall–Kier alpha value is -1.51. The van der Waals surface area contributed by atoms with E-state index in [1.165, 1.54) is 6.42 Å². The molecule has 1 aliphatic carbocycles. The van der Waals surface area contributed by atoms with E-state index in [9.17, 15) is 4.79 Å². The van der Waals surface area contributed by atoms with Crippen molar-refractivity contribution in [2.24, 2.45) is 10.8 Å². The highest BCUT2D eigenvalue weighted by molar-refractivity contribution is 6.00. The Bertz CT molecular complexity index is 530. The molecular weight excluding hydrogens is 260 g/mol. The lowest BCUT2D eigenvalue weighted by molar-refractivity contribution is 0.101. The molecule has 0 spiro atoms. The molecule has 0 aliphatic heterocycles. The maximum atomic E-state index is 11.6. The Kier molecular flexibility index (Phi) is 4.05. The fourth-order valence-electron chi connectivity index (χ4n) is 4.13. The van der Waals surface area contributed by atoms with E-state index in [-0.39, 0.29) is 5.78 Å². The van der Waals surface area contributed by atoms with Crippen LogP contribution in [-0.2, 0) is 0 Å². The van der Waals surface area contributed by atoms with Gasteiger partial charge in [-0.25, -0.2) is 0 Å². The van der Waals surface area contributed by atoms with Gasteiger partial charge < -0.3 is 11.1 Å². The zero-order chi connectivity index (χ0) is 15.8. The molecule has 0 atom stereocenters. The molecule has 1 aromatic rings. The first kappa shape index (κ1) is 15.9. The van der Waals surface area contributed by atoms with Crippen molar-refractivity contribution in [2.45, 2.75) is 59.9 Å². The summed E-state index contributed by atoms with van der Waals surface area (Å²) in [7, 11) is 0. The van der Waals surface area contributed by atoms with Gasteiger partial charge in [0.2, 0.25) is 0 Å². The lowest BCUT2D eigenvalue weighted by Gasteiger charge is -2.45. The molecule has 3 nitrogen and oxygen atoms in total. The molecule has 1 aliphatic rings. The van der Waals surface area contributed by atoms with Crippen molar-refractivity contribution < 1.29 is 4.79 Å². The number of ketones is 1. The Morgan fingerprint density at radius 3 is 2.29 bits per heavy atom. The molecule has 3 N–H and O–H groups in total. The van der Waals surface area contributed by atoms with Crippen molar-refractivity contribution in [3.63, 3.8) is 0 Å². The van der Waals surface area contributed by atoms with Gasteiger partial charge in [0.15, 0.2) is 5.78 Å². The number of hydrogen-bond acceptors (Lipinski definition) is 3. The van der Waals surface area contributed by atoms with Crippen molar-refractivity contribution in [3.8, 4) is 0 Å². The lowest BCUT2D eigenvalue weighted by atomic mass is 9.63. The second-order valence-electron chi connectivity index (χ2n) is 8.11. The van der Waals surface area contributed by atoms with E-state index in [1.807, 2.05) is 18.2 Å². The first-order valence-corrected chi connectivity index (χ1v) is 7.75. The van der Waals surface area contributed by atoms with Gasteiger partial charge >= 0.3 is 0 Å². The molecule has 1 saturated carbocycles. The predicted octanol–water partition coefficient (Wildman–Crippen LogP) is 4.49. The van der Waals surface area contributed by atoms with Crippen LogP contribution in [0.5, 0.6) is 0 Å². The summed E-state index contributed by atoms with van der Waals surface area (Å²) in [6, 6.07) is 6.10. The van der Waals surface area contributed by atoms with Gasteiger partial charge in [0.1, 0.15) is 0 Å². The van der Waals surface area contributed by atoms with Crippen LogP contribution in [0.4, 0.5) is 11.4 Å². The molecule has 1 fully saturated rings. The number of rotatable bonds is 3. The van der Waals surface area contributed by atoms with Gasteiger partial charge in [-0.2, -0.15) is 0 Å². The molecule has 0 bridgehead atoms. The van der Waals surface area contributed by atoms with Crippen LogP contribution in [0, 0.1) is 10.8 Å². The van der Waals surface area contributed by atoms with E-state index >= 15 is 0 Å². The van der Waals surface area contributed by atoms with Crippen molar-refractivity contribution in [1.82, 2.24) is 0 Å². The highest BCUT2D eigenvalue weighted by Crippen LogP contribution is 2.46. The van der Waals surface area contributed by atoms with E-state index in [4.69, 9.17) is 5.73 Å². The van der Waals surface area contributed by atoms with E-state index in [2.05, 4.69) is 33.0 Å². The number of nitrogen functional groups attached to an aromatic ring is 1. The van der Waals surface area contributed by atoms with Gasteiger partial charge in [0.25, 0.3) is 0 Å². The summed E-state index contributed by atoms with van der Waals surface area (Å²) < 4.78 is 0. The molecule has 0 saturated heterocycles. The Labute approximate surface area is 128 Å². The molecule has 0 unspecified atom stereocenters. The minimum atomic E-state index is 0.0143. The predicted molar refractivity (Wildman–Crippen MR) is 89.7 cm³/mol. The van der Waals surface area contributed by atoms with E-state index in [1.54, 1.807) is 6.92 Å². The standard InChI is InChI=1S/C18H28N2O/c1-12(21)15-8-13(6-7-16(15)19)20-14-9-17(2,3)11-18(4,5)10-14/h6-8,14,20H,9-11,19H2,1-5H3. The molecule has 0 radical (unpaired) electrons. The summed E-state index contributed by atoms with van der Waals surface area (Å²) >= 11 is 0. The summed E-state index contributed by atoms with van der Waals surface area (Å²) in [6.45, 7) is 10.9. The van der Waals surface area contributed by atoms with Gasteiger partial charge in [-0.3, -0.25) is 4.79 Å². The normalized spacial score (nSPS) is 21.0. The summed E-state index contributed by atoms with van der Waals surface area (Å²) in [6.07, 6.45) is 3.55. The molecule has 3 heteroatoms. The zero-order valence-corrected chi connectivity index (χ0v) is 13.9. The van der Waals surface area contributed by atoms with Gasteiger partial charge in [-0.15, -0.1) is 0 Å². The van der Waals surface area contributed by atoms with Crippen molar-refractivity contribution in [3.05, 3.63) is 23.8 Å². The number of Topliss-reactive ketones (excluding diaryl/α,β-unsaturated/α-hetero) is 1. The van der Waals surface area contributed by atoms with Crippen LogP contribution in [-0.4, -0.2) is 11.8 Å². The van der Waals surface area contributed by atoms with E-state index in [0.717, 1.165) is 18.5 Å².